The van der Waals surface area contributed by atoms with Gasteiger partial charge in [-0.15, -0.1) is 0 Å². The minimum atomic E-state index is -0.0432. The molecule has 6 nitrogen and oxygen atoms in total. The molecular weight excluding hydrogens is 290 g/mol. The lowest BCUT2D eigenvalue weighted by Gasteiger charge is -2.35. The molecule has 3 rings (SSSR count). The van der Waals surface area contributed by atoms with Gasteiger partial charge in [-0.25, -0.2) is 0 Å². The number of rotatable bonds is 3. The Balaban J connectivity index is 1.86. The van der Waals surface area contributed by atoms with Crippen LogP contribution >= 0.6 is 0 Å². The first-order valence-electron chi connectivity index (χ1n) is 7.55. The standard InChI is InChI=1S/C17H19N5O/c1-20(2)10-16-12-21(11-15-6-7-19-22(15)16)17(23)14-5-3-4-13(8-14)9-18/h3-8,16H,10-12H2,1-2H3. The van der Waals surface area contributed by atoms with Crippen molar-refractivity contribution in [1.82, 2.24) is 19.6 Å². The Morgan fingerprint density at radius 1 is 1.43 bits per heavy atom. The van der Waals surface area contributed by atoms with Crippen molar-refractivity contribution in [2.45, 2.75) is 12.6 Å². The minimum Gasteiger partial charge on any atom is -0.331 e. The van der Waals surface area contributed by atoms with Gasteiger partial charge in [0.25, 0.3) is 5.91 Å². The summed E-state index contributed by atoms with van der Waals surface area (Å²) in [5, 5.41) is 13.4. The molecule has 1 aliphatic heterocycles. The number of benzene rings is 1. The predicted octanol–water partition coefficient (Wildman–Crippen LogP) is 1.51. The van der Waals surface area contributed by atoms with Gasteiger partial charge in [0.1, 0.15) is 0 Å². The maximum absolute atomic E-state index is 12.8. The average molecular weight is 309 g/mol. The number of hydrogen-bond donors (Lipinski definition) is 0. The van der Waals surface area contributed by atoms with Crippen LogP contribution in [-0.4, -0.2) is 52.7 Å². The topological polar surface area (TPSA) is 65.2 Å². The van der Waals surface area contributed by atoms with Crippen molar-refractivity contribution in [1.29, 1.82) is 5.26 Å². The fraction of sp³-hybridized carbons (Fsp3) is 0.353. The van der Waals surface area contributed by atoms with Gasteiger partial charge in [0.05, 0.1) is 29.9 Å². The van der Waals surface area contributed by atoms with Crippen LogP contribution in [0.3, 0.4) is 0 Å². The van der Waals surface area contributed by atoms with Crippen molar-refractivity contribution < 1.29 is 4.79 Å². The van der Waals surface area contributed by atoms with Crippen LogP contribution in [0, 0.1) is 11.3 Å². The van der Waals surface area contributed by atoms with Gasteiger partial charge in [0, 0.05) is 24.8 Å². The Kier molecular flexibility index (Phi) is 4.13. The van der Waals surface area contributed by atoms with E-state index in [1.807, 2.05) is 29.7 Å². The summed E-state index contributed by atoms with van der Waals surface area (Å²) in [5.74, 6) is -0.0432. The summed E-state index contributed by atoms with van der Waals surface area (Å²) in [7, 11) is 4.03. The summed E-state index contributed by atoms with van der Waals surface area (Å²) in [4.78, 5) is 16.7. The lowest BCUT2D eigenvalue weighted by Crippen LogP contribution is -2.44. The number of nitriles is 1. The Morgan fingerprint density at radius 2 is 2.26 bits per heavy atom. The molecule has 0 bridgehead atoms. The van der Waals surface area contributed by atoms with E-state index < -0.39 is 0 Å². The van der Waals surface area contributed by atoms with Crippen LogP contribution in [0.5, 0.6) is 0 Å². The van der Waals surface area contributed by atoms with Gasteiger partial charge in [-0.1, -0.05) is 6.07 Å². The van der Waals surface area contributed by atoms with E-state index in [0.717, 1.165) is 12.2 Å². The number of likely N-dealkylation sites (N-methyl/N-ethyl adjacent to an activating group) is 1. The van der Waals surface area contributed by atoms with E-state index in [9.17, 15) is 4.79 Å². The second-order valence-electron chi connectivity index (χ2n) is 6.06. The molecule has 118 valence electrons. The lowest BCUT2D eigenvalue weighted by atomic mass is 10.1. The van der Waals surface area contributed by atoms with E-state index in [0.29, 0.717) is 24.2 Å². The van der Waals surface area contributed by atoms with E-state index in [-0.39, 0.29) is 11.9 Å². The molecule has 0 fully saturated rings. The molecule has 1 aromatic heterocycles. The van der Waals surface area contributed by atoms with Gasteiger partial charge in [0.15, 0.2) is 0 Å². The summed E-state index contributed by atoms with van der Waals surface area (Å²) in [5.41, 5.74) is 2.09. The smallest absolute Gasteiger partial charge is 0.254 e. The third-order valence-corrected chi connectivity index (χ3v) is 3.98. The van der Waals surface area contributed by atoms with Crippen LogP contribution in [0.2, 0.25) is 0 Å². The van der Waals surface area contributed by atoms with Crippen LogP contribution in [0.1, 0.15) is 27.7 Å². The number of carbonyl (C=O) groups excluding carboxylic acids is 1. The summed E-state index contributed by atoms with van der Waals surface area (Å²) in [6.45, 7) is 1.97. The fourth-order valence-corrected chi connectivity index (χ4v) is 3.00. The molecule has 1 atom stereocenters. The van der Waals surface area contributed by atoms with Gasteiger partial charge in [-0.3, -0.25) is 9.48 Å². The first kappa shape index (κ1) is 15.3. The summed E-state index contributed by atoms with van der Waals surface area (Å²) in [6.07, 6.45) is 1.78. The highest BCUT2D eigenvalue weighted by atomic mass is 16.2. The van der Waals surface area contributed by atoms with Crippen LogP contribution < -0.4 is 0 Å². The zero-order chi connectivity index (χ0) is 16.4. The molecule has 6 heteroatoms. The predicted molar refractivity (Wildman–Crippen MR) is 85.7 cm³/mol. The van der Waals surface area contributed by atoms with Crippen molar-refractivity contribution in [3.05, 3.63) is 53.3 Å². The summed E-state index contributed by atoms with van der Waals surface area (Å²) in [6, 6.07) is 11.0. The Hall–Kier alpha value is -2.65. The number of carbonyl (C=O) groups is 1. The molecular formula is C17H19N5O. The number of fused-ring (bicyclic) bond motifs is 1. The zero-order valence-corrected chi connectivity index (χ0v) is 13.3. The van der Waals surface area contributed by atoms with Crippen molar-refractivity contribution in [3.63, 3.8) is 0 Å². The molecule has 0 aliphatic carbocycles. The van der Waals surface area contributed by atoms with Crippen molar-refractivity contribution in [2.75, 3.05) is 27.2 Å². The van der Waals surface area contributed by atoms with E-state index in [1.54, 1.807) is 30.5 Å². The molecule has 1 aliphatic rings. The fourth-order valence-electron chi connectivity index (χ4n) is 3.00. The highest BCUT2D eigenvalue weighted by Crippen LogP contribution is 2.22. The average Bonchev–Trinajstić information content (AvgIpc) is 3.02. The van der Waals surface area contributed by atoms with Crippen molar-refractivity contribution in [3.8, 4) is 6.07 Å². The molecule has 0 N–H and O–H groups in total. The summed E-state index contributed by atoms with van der Waals surface area (Å²) >= 11 is 0. The van der Waals surface area contributed by atoms with Crippen LogP contribution in [0.25, 0.3) is 0 Å². The van der Waals surface area contributed by atoms with Gasteiger partial charge in [0.2, 0.25) is 0 Å². The largest absolute Gasteiger partial charge is 0.331 e. The molecule has 1 unspecified atom stereocenters. The van der Waals surface area contributed by atoms with Crippen LogP contribution in [0.15, 0.2) is 36.5 Å². The van der Waals surface area contributed by atoms with Gasteiger partial charge in [-0.2, -0.15) is 10.4 Å². The van der Waals surface area contributed by atoms with E-state index in [2.05, 4.69) is 16.1 Å². The molecule has 0 radical (unpaired) electrons. The first-order valence-corrected chi connectivity index (χ1v) is 7.55. The molecule has 23 heavy (non-hydrogen) atoms. The van der Waals surface area contributed by atoms with E-state index in [4.69, 9.17) is 5.26 Å². The normalized spacial score (nSPS) is 17.0. The Bertz CT molecular complexity index is 758. The number of aromatic nitrogens is 2. The molecule has 2 aromatic rings. The van der Waals surface area contributed by atoms with Gasteiger partial charge < -0.3 is 9.80 Å². The monoisotopic (exact) mass is 309 g/mol. The lowest BCUT2D eigenvalue weighted by molar-refractivity contribution is 0.0652. The van der Waals surface area contributed by atoms with Crippen molar-refractivity contribution in [2.24, 2.45) is 0 Å². The zero-order valence-electron chi connectivity index (χ0n) is 13.3. The molecule has 2 heterocycles. The van der Waals surface area contributed by atoms with Crippen molar-refractivity contribution >= 4 is 5.91 Å². The quantitative estimate of drug-likeness (QED) is 0.862. The second kappa shape index (κ2) is 6.23. The number of amides is 1. The number of nitrogens with zero attached hydrogens (tertiary/aromatic N) is 5. The minimum absolute atomic E-state index is 0.0432. The van der Waals surface area contributed by atoms with E-state index in [1.165, 1.54) is 0 Å². The van der Waals surface area contributed by atoms with Crippen LogP contribution in [0.4, 0.5) is 0 Å². The third kappa shape index (κ3) is 3.10. The molecule has 0 spiro atoms. The highest BCUT2D eigenvalue weighted by molar-refractivity contribution is 5.94. The summed E-state index contributed by atoms with van der Waals surface area (Å²) < 4.78 is 2.01. The highest BCUT2D eigenvalue weighted by Gasteiger charge is 2.29. The Morgan fingerprint density at radius 3 is 3.00 bits per heavy atom. The molecule has 0 saturated heterocycles. The second-order valence-corrected chi connectivity index (χ2v) is 6.06. The SMILES string of the molecule is CN(C)CC1CN(C(=O)c2cccc(C#N)c2)Cc2ccnn21. The maximum atomic E-state index is 12.8. The molecule has 1 aromatic carbocycles. The third-order valence-electron chi connectivity index (χ3n) is 3.98. The van der Waals surface area contributed by atoms with E-state index >= 15 is 0 Å². The van der Waals surface area contributed by atoms with Crippen LogP contribution in [-0.2, 0) is 6.54 Å². The molecule has 0 saturated carbocycles. The van der Waals surface area contributed by atoms with Gasteiger partial charge >= 0.3 is 0 Å². The number of hydrogen-bond acceptors (Lipinski definition) is 4. The maximum Gasteiger partial charge on any atom is 0.254 e. The molecule has 1 amide bonds. The first-order chi connectivity index (χ1) is 11.1. The Labute approximate surface area is 135 Å². The van der Waals surface area contributed by atoms with Gasteiger partial charge in [-0.05, 0) is 38.4 Å².